The van der Waals surface area contributed by atoms with Crippen molar-refractivity contribution in [2.24, 2.45) is 17.1 Å². The average molecular weight is 386 g/mol. The molecule has 154 valence electrons. The van der Waals surface area contributed by atoms with Crippen LogP contribution in [-0.2, 0) is 5.41 Å². The van der Waals surface area contributed by atoms with Crippen LogP contribution in [0.5, 0.6) is 0 Å². The molecule has 0 radical (unpaired) electrons. The third-order valence-electron chi connectivity index (χ3n) is 7.68. The van der Waals surface area contributed by atoms with Gasteiger partial charge in [0.05, 0.1) is 5.94 Å². The van der Waals surface area contributed by atoms with Gasteiger partial charge in [0.2, 0.25) is 0 Å². The second-order valence-electron chi connectivity index (χ2n) is 9.30. The second-order valence-corrected chi connectivity index (χ2v) is 9.30. The van der Waals surface area contributed by atoms with Gasteiger partial charge in [-0.3, -0.25) is 4.79 Å². The van der Waals surface area contributed by atoms with Crippen LogP contribution in [0.1, 0.15) is 81.1 Å². The highest BCUT2D eigenvalue weighted by molar-refractivity contribution is 6.43. The molecule has 5 N–H and O–H groups in total. The Bertz CT molecular complexity index is 650. The minimum Gasteiger partial charge on any atom is -0.426 e. The molecule has 0 saturated heterocycles. The van der Waals surface area contributed by atoms with E-state index in [1.807, 2.05) is 12.1 Å². The molecule has 5 nitrogen and oxygen atoms in total. The quantitative estimate of drug-likeness (QED) is 0.517. The molecule has 0 spiro atoms. The van der Waals surface area contributed by atoms with Crippen molar-refractivity contribution in [1.29, 1.82) is 0 Å². The molecule has 1 aromatic carbocycles. The van der Waals surface area contributed by atoms with Crippen LogP contribution in [0, 0.1) is 11.3 Å². The molecule has 3 fully saturated rings. The van der Waals surface area contributed by atoms with Crippen molar-refractivity contribution in [3.05, 3.63) is 35.4 Å². The summed E-state index contributed by atoms with van der Waals surface area (Å²) in [6, 6.07) is 7.96. The van der Waals surface area contributed by atoms with Crippen LogP contribution in [0.15, 0.2) is 24.3 Å². The molecule has 6 heteroatoms. The minimum absolute atomic E-state index is 0.273. The molecule has 0 aliphatic heterocycles. The van der Waals surface area contributed by atoms with E-state index in [0.29, 0.717) is 30.4 Å². The summed E-state index contributed by atoms with van der Waals surface area (Å²) in [6.07, 6.45) is 8.73. The number of nitrogens with two attached hydrogens (primary N) is 1. The second kappa shape index (κ2) is 8.56. The predicted octanol–water partition coefficient (Wildman–Crippen LogP) is 2.78. The van der Waals surface area contributed by atoms with Crippen LogP contribution in [0.25, 0.3) is 0 Å². The smallest absolute Gasteiger partial charge is 0.426 e. The van der Waals surface area contributed by atoms with Gasteiger partial charge >= 0.3 is 7.12 Å². The Morgan fingerprint density at radius 1 is 1.11 bits per heavy atom. The molecule has 1 amide bonds. The van der Waals surface area contributed by atoms with E-state index in [9.17, 15) is 14.8 Å². The Labute approximate surface area is 169 Å². The fraction of sp³-hybridized carbons (Fsp3) is 0.682. The highest BCUT2D eigenvalue weighted by Crippen LogP contribution is 2.60. The lowest BCUT2D eigenvalue weighted by molar-refractivity contribution is 0.00186. The lowest BCUT2D eigenvalue weighted by atomic mass is 9.49. The van der Waals surface area contributed by atoms with Gasteiger partial charge in [0.1, 0.15) is 0 Å². The van der Waals surface area contributed by atoms with Gasteiger partial charge in [-0.25, -0.2) is 0 Å². The van der Waals surface area contributed by atoms with E-state index >= 15 is 0 Å². The molecule has 2 bridgehead atoms. The molecule has 4 rings (SSSR count). The Kier molecular flexibility index (Phi) is 6.52. The zero-order valence-electron chi connectivity index (χ0n) is 17.3. The van der Waals surface area contributed by atoms with Crippen LogP contribution in [0.4, 0.5) is 0 Å². The van der Waals surface area contributed by atoms with Crippen molar-refractivity contribution >= 4 is 13.0 Å². The van der Waals surface area contributed by atoms with Gasteiger partial charge in [-0.15, -0.1) is 0 Å². The monoisotopic (exact) mass is 386 g/mol. The number of nitrogens with one attached hydrogen (secondary N) is 1. The first-order valence-corrected chi connectivity index (χ1v) is 10.8. The van der Waals surface area contributed by atoms with Crippen molar-refractivity contribution in [3.8, 4) is 0 Å². The van der Waals surface area contributed by atoms with E-state index in [0.717, 1.165) is 5.92 Å². The first-order valence-electron chi connectivity index (χ1n) is 10.8. The number of rotatable bonds is 8. The van der Waals surface area contributed by atoms with Crippen LogP contribution in [-0.4, -0.2) is 35.6 Å². The highest BCUT2D eigenvalue weighted by Gasteiger charge is 2.50. The zero-order valence-corrected chi connectivity index (χ0v) is 17.3. The summed E-state index contributed by atoms with van der Waals surface area (Å²) in [5.41, 5.74) is 8.21. The summed E-state index contributed by atoms with van der Waals surface area (Å²) in [5.74, 6) is -0.216. The third-order valence-corrected chi connectivity index (χ3v) is 7.68. The third kappa shape index (κ3) is 4.14. The molecule has 3 aliphatic carbocycles. The molecule has 3 saturated carbocycles. The Morgan fingerprint density at radius 3 is 2.14 bits per heavy atom. The fourth-order valence-electron chi connectivity index (χ4n) is 5.37. The molecule has 1 atom stereocenters. The van der Waals surface area contributed by atoms with E-state index in [1.54, 1.807) is 0 Å². The molecule has 0 unspecified atom stereocenters. The molecule has 1 aromatic rings. The first kappa shape index (κ1) is 21.3. The largest absolute Gasteiger partial charge is 0.475 e. The lowest BCUT2D eigenvalue weighted by Gasteiger charge is -2.56. The number of hydrogen-bond acceptors (Lipinski definition) is 4. The van der Waals surface area contributed by atoms with Crippen molar-refractivity contribution in [2.75, 3.05) is 6.54 Å². The molecule has 3 aliphatic rings. The fourth-order valence-corrected chi connectivity index (χ4v) is 5.37. The van der Waals surface area contributed by atoms with Crippen molar-refractivity contribution in [3.63, 3.8) is 0 Å². The lowest BCUT2D eigenvalue weighted by Crippen LogP contribution is -2.47. The predicted molar refractivity (Wildman–Crippen MR) is 113 cm³/mol. The van der Waals surface area contributed by atoms with Crippen molar-refractivity contribution < 1.29 is 14.8 Å². The van der Waals surface area contributed by atoms with Gasteiger partial charge in [-0.2, -0.15) is 0 Å². The maximum atomic E-state index is 12.5. The Balaban J connectivity index is 1.66. The van der Waals surface area contributed by atoms with Crippen LogP contribution < -0.4 is 11.1 Å². The summed E-state index contributed by atoms with van der Waals surface area (Å²) in [5, 5.41) is 21.7. The van der Waals surface area contributed by atoms with Crippen LogP contribution in [0.2, 0.25) is 0 Å². The minimum atomic E-state index is -1.58. The average Bonchev–Trinajstić information content (AvgIpc) is 2.72. The van der Waals surface area contributed by atoms with E-state index in [1.165, 1.54) is 44.1 Å². The van der Waals surface area contributed by atoms with E-state index in [4.69, 9.17) is 5.73 Å². The summed E-state index contributed by atoms with van der Waals surface area (Å²) in [7, 11) is -1.58. The molecule has 0 aromatic heterocycles. The van der Waals surface area contributed by atoms with Gasteiger partial charge < -0.3 is 21.1 Å². The summed E-state index contributed by atoms with van der Waals surface area (Å²) >= 11 is 0. The van der Waals surface area contributed by atoms with Crippen LogP contribution >= 0.6 is 0 Å². The highest BCUT2D eigenvalue weighted by atomic mass is 16.4. The maximum absolute atomic E-state index is 12.5. The summed E-state index contributed by atoms with van der Waals surface area (Å²) in [4.78, 5) is 12.5. The van der Waals surface area contributed by atoms with Gasteiger partial charge in [-0.05, 0) is 92.4 Å². The molecule has 0 heterocycles. The topological polar surface area (TPSA) is 95.6 Å². The number of carbonyl (C=O) groups excluding carboxylic acids is 1. The Hall–Kier alpha value is -1.37. The van der Waals surface area contributed by atoms with Crippen molar-refractivity contribution in [2.45, 2.75) is 76.6 Å². The van der Waals surface area contributed by atoms with Crippen LogP contribution in [0.3, 0.4) is 0 Å². The number of carbonyl (C=O) groups is 1. The summed E-state index contributed by atoms with van der Waals surface area (Å²) in [6.45, 7) is 5.19. The van der Waals surface area contributed by atoms with E-state index < -0.39 is 13.1 Å². The number of amides is 1. The van der Waals surface area contributed by atoms with E-state index in [2.05, 4.69) is 31.3 Å². The van der Waals surface area contributed by atoms with Gasteiger partial charge in [0, 0.05) is 5.56 Å². The number of benzene rings is 1. The number of fused-ring (bicyclic) bond motifs is 3. The van der Waals surface area contributed by atoms with E-state index in [-0.39, 0.29) is 11.3 Å². The van der Waals surface area contributed by atoms with Gasteiger partial charge in [0.15, 0.2) is 0 Å². The van der Waals surface area contributed by atoms with Gasteiger partial charge in [0.25, 0.3) is 5.91 Å². The first-order chi connectivity index (χ1) is 13.3. The summed E-state index contributed by atoms with van der Waals surface area (Å²) < 4.78 is 0. The standard InChI is InChI=1S/C22H35BN2O3/c1-16(2)21-9-12-22(13-10-21,14-11-21)18-7-5-17(6-8-18)20(26)25-19(23(27)28)4-3-15-24/h5-8,16,19,27-28H,3-4,9-15,24H2,1-2H3,(H,25,26)/t19-,21?,22?/m0/s1. The Morgan fingerprint density at radius 2 is 1.68 bits per heavy atom. The normalized spacial score (nSPS) is 27.6. The number of hydrogen-bond donors (Lipinski definition) is 4. The van der Waals surface area contributed by atoms with Gasteiger partial charge in [-0.1, -0.05) is 26.0 Å². The maximum Gasteiger partial charge on any atom is 0.475 e. The molecular weight excluding hydrogens is 351 g/mol. The molecular formula is C22H35BN2O3. The molecule has 28 heavy (non-hydrogen) atoms. The SMILES string of the molecule is CC(C)C12CCC(c3ccc(C(=O)N[C@@H](CCCN)B(O)O)cc3)(CC1)CC2. The zero-order chi connectivity index (χ0) is 20.4. The van der Waals surface area contributed by atoms with Crippen molar-refractivity contribution in [1.82, 2.24) is 5.32 Å².